The Labute approximate surface area is 123 Å². The lowest BCUT2D eigenvalue weighted by atomic mass is 9.81. The molecule has 5 heteroatoms. The Morgan fingerprint density at radius 3 is 2.48 bits per heavy atom. The second-order valence-electron chi connectivity index (χ2n) is 5.18. The molecule has 0 radical (unpaired) electrons. The molecule has 0 atom stereocenters. The third-order valence-corrected chi connectivity index (χ3v) is 3.81. The van der Waals surface area contributed by atoms with Crippen LogP contribution in [0.1, 0.15) is 44.1 Å². The predicted molar refractivity (Wildman–Crippen MR) is 79.0 cm³/mol. The predicted octanol–water partition coefficient (Wildman–Crippen LogP) is 3.74. The van der Waals surface area contributed by atoms with E-state index in [0.29, 0.717) is 12.5 Å². The molecule has 0 heterocycles. The summed E-state index contributed by atoms with van der Waals surface area (Å²) in [5, 5.41) is 10.6. The monoisotopic (exact) mass is 289 g/mol. The molecular weight excluding hydrogens is 270 g/mol. The first-order valence-electron chi connectivity index (χ1n) is 7.20. The van der Waals surface area contributed by atoms with Crippen molar-refractivity contribution in [2.45, 2.75) is 38.5 Å². The number of rotatable bonds is 4. The number of nitro groups is 1. The van der Waals surface area contributed by atoms with Crippen LogP contribution in [0.5, 0.6) is 0 Å². The Morgan fingerprint density at radius 1 is 1.33 bits per heavy atom. The summed E-state index contributed by atoms with van der Waals surface area (Å²) in [7, 11) is 0. The molecule has 0 unspecified atom stereocenters. The topological polar surface area (TPSA) is 69.4 Å². The number of nitro benzene ring substituents is 1. The van der Waals surface area contributed by atoms with Gasteiger partial charge in [-0.2, -0.15) is 0 Å². The first-order chi connectivity index (χ1) is 10.1. The van der Waals surface area contributed by atoms with Crippen LogP contribution in [0.2, 0.25) is 0 Å². The Morgan fingerprint density at radius 2 is 1.95 bits per heavy atom. The summed E-state index contributed by atoms with van der Waals surface area (Å²) in [5.41, 5.74) is 2.39. The van der Waals surface area contributed by atoms with Gasteiger partial charge in [0.2, 0.25) is 0 Å². The molecule has 1 saturated carbocycles. The Kier molecular flexibility index (Phi) is 5.09. The van der Waals surface area contributed by atoms with Gasteiger partial charge in [-0.25, -0.2) is 4.79 Å². The van der Waals surface area contributed by atoms with Crippen molar-refractivity contribution in [2.24, 2.45) is 0 Å². The zero-order valence-corrected chi connectivity index (χ0v) is 12.1. The van der Waals surface area contributed by atoms with Crippen molar-refractivity contribution in [3.63, 3.8) is 0 Å². The van der Waals surface area contributed by atoms with Gasteiger partial charge in [0.15, 0.2) is 0 Å². The standard InChI is InChI=1S/C16H19NO4/c1-2-21-16(18)11-12-3-5-13(6-4-12)14-7-9-15(10-8-14)17(19)20/h7-11,13H,2-6H2,1H3. The van der Waals surface area contributed by atoms with E-state index in [1.807, 2.05) is 12.1 Å². The van der Waals surface area contributed by atoms with E-state index in [9.17, 15) is 14.9 Å². The summed E-state index contributed by atoms with van der Waals surface area (Å²) < 4.78 is 4.91. The number of non-ortho nitro benzene ring substituents is 1. The van der Waals surface area contributed by atoms with Crippen LogP contribution in [0.3, 0.4) is 0 Å². The van der Waals surface area contributed by atoms with Crippen molar-refractivity contribution in [1.29, 1.82) is 0 Å². The average Bonchev–Trinajstić information content (AvgIpc) is 2.48. The average molecular weight is 289 g/mol. The van der Waals surface area contributed by atoms with Crippen LogP contribution in [0.25, 0.3) is 0 Å². The third kappa shape index (κ3) is 4.15. The Hall–Kier alpha value is -2.17. The molecule has 0 spiro atoms. The van der Waals surface area contributed by atoms with Crippen molar-refractivity contribution in [2.75, 3.05) is 6.61 Å². The molecule has 0 aromatic heterocycles. The first kappa shape index (κ1) is 15.2. The summed E-state index contributed by atoms with van der Waals surface area (Å²) in [6.45, 7) is 2.19. The van der Waals surface area contributed by atoms with Crippen molar-refractivity contribution >= 4 is 11.7 Å². The SMILES string of the molecule is CCOC(=O)C=C1CCC(c2ccc([N+](=O)[O-])cc2)CC1. The fourth-order valence-electron chi connectivity index (χ4n) is 2.69. The lowest BCUT2D eigenvalue weighted by molar-refractivity contribution is -0.384. The number of benzene rings is 1. The maximum absolute atomic E-state index is 11.4. The van der Waals surface area contributed by atoms with E-state index < -0.39 is 0 Å². The van der Waals surface area contributed by atoms with Gasteiger partial charge in [0.05, 0.1) is 11.5 Å². The zero-order valence-electron chi connectivity index (χ0n) is 12.1. The van der Waals surface area contributed by atoms with Crippen LogP contribution in [0.15, 0.2) is 35.9 Å². The van der Waals surface area contributed by atoms with Gasteiger partial charge >= 0.3 is 5.97 Å². The minimum atomic E-state index is -0.384. The highest BCUT2D eigenvalue weighted by Gasteiger charge is 2.19. The molecule has 0 aliphatic heterocycles. The number of hydrogen-bond donors (Lipinski definition) is 0. The molecule has 0 bridgehead atoms. The molecule has 21 heavy (non-hydrogen) atoms. The third-order valence-electron chi connectivity index (χ3n) is 3.81. The second kappa shape index (κ2) is 7.02. The summed E-state index contributed by atoms with van der Waals surface area (Å²) in [6.07, 6.45) is 5.28. The molecule has 0 amide bonds. The van der Waals surface area contributed by atoms with Crippen molar-refractivity contribution < 1.29 is 14.5 Å². The van der Waals surface area contributed by atoms with E-state index >= 15 is 0 Å². The summed E-state index contributed by atoms with van der Waals surface area (Å²) >= 11 is 0. The lowest BCUT2D eigenvalue weighted by Gasteiger charge is -2.24. The van der Waals surface area contributed by atoms with Gasteiger partial charge in [-0.15, -0.1) is 0 Å². The largest absolute Gasteiger partial charge is 0.463 e. The molecule has 1 fully saturated rings. The number of esters is 1. The molecule has 0 saturated heterocycles. The van der Waals surface area contributed by atoms with E-state index in [2.05, 4.69) is 0 Å². The second-order valence-corrected chi connectivity index (χ2v) is 5.18. The van der Waals surface area contributed by atoms with Gasteiger partial charge in [0, 0.05) is 18.2 Å². The lowest BCUT2D eigenvalue weighted by Crippen LogP contribution is -2.09. The van der Waals surface area contributed by atoms with Crippen molar-refractivity contribution in [1.82, 2.24) is 0 Å². The molecule has 5 nitrogen and oxygen atoms in total. The molecule has 2 rings (SSSR count). The van der Waals surface area contributed by atoms with E-state index in [4.69, 9.17) is 4.74 Å². The normalized spacial score (nSPS) is 18.1. The minimum Gasteiger partial charge on any atom is -0.463 e. The summed E-state index contributed by atoms with van der Waals surface area (Å²) in [6, 6.07) is 6.78. The maximum atomic E-state index is 11.4. The van der Waals surface area contributed by atoms with Crippen LogP contribution < -0.4 is 0 Å². The summed E-state index contributed by atoms with van der Waals surface area (Å²) in [5.74, 6) is 0.145. The van der Waals surface area contributed by atoms with E-state index in [-0.39, 0.29) is 16.6 Å². The van der Waals surface area contributed by atoms with Gasteiger partial charge in [0.25, 0.3) is 5.69 Å². The minimum absolute atomic E-state index is 0.123. The molecule has 1 aliphatic carbocycles. The highest BCUT2D eigenvalue weighted by Crippen LogP contribution is 2.35. The molecular formula is C16H19NO4. The fourth-order valence-corrected chi connectivity index (χ4v) is 2.69. The van der Waals surface area contributed by atoms with Crippen molar-refractivity contribution in [3.8, 4) is 0 Å². The highest BCUT2D eigenvalue weighted by molar-refractivity contribution is 5.82. The number of carbonyl (C=O) groups is 1. The molecule has 1 aromatic carbocycles. The fraction of sp³-hybridized carbons (Fsp3) is 0.438. The number of allylic oxidation sites excluding steroid dienone is 1. The first-order valence-corrected chi connectivity index (χ1v) is 7.20. The number of nitrogens with zero attached hydrogens (tertiary/aromatic N) is 1. The number of ether oxygens (including phenoxy) is 1. The molecule has 1 aromatic rings. The maximum Gasteiger partial charge on any atom is 0.330 e. The van der Waals surface area contributed by atoms with Gasteiger partial charge in [0.1, 0.15) is 0 Å². The number of hydrogen-bond acceptors (Lipinski definition) is 4. The van der Waals surface area contributed by atoms with Crippen LogP contribution in [0.4, 0.5) is 5.69 Å². The van der Waals surface area contributed by atoms with Crippen LogP contribution in [-0.4, -0.2) is 17.5 Å². The van der Waals surface area contributed by atoms with E-state index in [1.165, 1.54) is 0 Å². The smallest absolute Gasteiger partial charge is 0.330 e. The van der Waals surface area contributed by atoms with Crippen molar-refractivity contribution in [3.05, 3.63) is 51.6 Å². The van der Waals surface area contributed by atoms with Crippen LogP contribution in [-0.2, 0) is 9.53 Å². The number of carbonyl (C=O) groups excluding carboxylic acids is 1. The van der Waals surface area contributed by atoms with Crippen LogP contribution in [0, 0.1) is 10.1 Å². The van der Waals surface area contributed by atoms with E-state index in [1.54, 1.807) is 25.1 Å². The van der Waals surface area contributed by atoms with Gasteiger partial charge in [-0.05, 0) is 44.1 Å². The zero-order chi connectivity index (χ0) is 15.2. The molecule has 1 aliphatic rings. The Bertz CT molecular complexity index is 538. The van der Waals surface area contributed by atoms with Gasteiger partial charge < -0.3 is 4.74 Å². The van der Waals surface area contributed by atoms with E-state index in [0.717, 1.165) is 36.8 Å². The van der Waals surface area contributed by atoms with Gasteiger partial charge in [-0.3, -0.25) is 10.1 Å². The van der Waals surface area contributed by atoms with Crippen LogP contribution >= 0.6 is 0 Å². The molecule has 0 N–H and O–H groups in total. The Balaban J connectivity index is 1.94. The molecule has 112 valence electrons. The highest BCUT2D eigenvalue weighted by atomic mass is 16.6. The summed E-state index contributed by atoms with van der Waals surface area (Å²) in [4.78, 5) is 21.7. The quantitative estimate of drug-likeness (QED) is 0.366. The van der Waals surface area contributed by atoms with Gasteiger partial charge in [-0.1, -0.05) is 17.7 Å².